The van der Waals surface area contributed by atoms with Crippen molar-refractivity contribution >= 4 is 0 Å². The number of hydrogen-bond donors (Lipinski definition) is 3. The van der Waals surface area contributed by atoms with Gasteiger partial charge in [0.05, 0.1) is 18.3 Å². The molecule has 2 aliphatic heterocycles. The highest BCUT2D eigenvalue weighted by molar-refractivity contribution is 5.31. The molecule has 3 rings (SSSR count). The fraction of sp³-hybridized carbons (Fsp3) is 0.778. The fourth-order valence-electron chi connectivity index (χ4n) is 2.60. The van der Waals surface area contributed by atoms with Gasteiger partial charge in [-0.1, -0.05) is 0 Å². The van der Waals surface area contributed by atoms with Gasteiger partial charge in [0, 0.05) is 0 Å². The van der Waals surface area contributed by atoms with E-state index >= 15 is 0 Å². The van der Waals surface area contributed by atoms with Gasteiger partial charge < -0.3 is 24.8 Å². The summed E-state index contributed by atoms with van der Waals surface area (Å²) in [5.74, 6) is -0.576. The Morgan fingerprint density at radius 1 is 1.36 bits per heavy atom. The molecule has 2 fully saturated rings. The number of hydrogen-bond acceptors (Lipinski definition) is 5. The van der Waals surface area contributed by atoms with Crippen molar-refractivity contribution in [3.05, 3.63) is 11.8 Å². The fourth-order valence-corrected chi connectivity index (χ4v) is 2.60. The van der Waals surface area contributed by atoms with E-state index in [1.54, 1.807) is 6.92 Å². The second-order valence-corrected chi connectivity index (χ2v) is 4.19. The highest BCUT2D eigenvalue weighted by Crippen LogP contribution is 2.55. The van der Waals surface area contributed by atoms with E-state index in [0.717, 1.165) is 0 Å². The first-order valence-corrected chi connectivity index (χ1v) is 4.63. The first kappa shape index (κ1) is 8.67. The maximum absolute atomic E-state index is 10.3. The molecular weight excluding hydrogens is 188 g/mol. The van der Waals surface area contributed by atoms with Crippen molar-refractivity contribution in [3.8, 4) is 0 Å². The molecule has 0 aromatic heterocycles. The van der Waals surface area contributed by atoms with Crippen LogP contribution in [0.3, 0.4) is 0 Å². The molecule has 2 heterocycles. The van der Waals surface area contributed by atoms with Gasteiger partial charge in [0.15, 0.2) is 0 Å². The lowest BCUT2D eigenvalue weighted by Gasteiger charge is -2.40. The Balaban J connectivity index is 2.07. The Labute approximate surface area is 80.6 Å². The molecule has 1 saturated carbocycles. The third-order valence-electron chi connectivity index (χ3n) is 3.51. The van der Waals surface area contributed by atoms with Gasteiger partial charge in [0.2, 0.25) is 6.29 Å². The second kappa shape index (κ2) is 2.30. The van der Waals surface area contributed by atoms with Gasteiger partial charge in [-0.2, -0.15) is 0 Å². The lowest BCUT2D eigenvalue weighted by atomic mass is 9.80. The maximum Gasteiger partial charge on any atom is 0.205 e. The van der Waals surface area contributed by atoms with Crippen molar-refractivity contribution in [1.29, 1.82) is 0 Å². The molecule has 78 valence electrons. The summed E-state index contributed by atoms with van der Waals surface area (Å²) in [5, 5.41) is 29.6. The van der Waals surface area contributed by atoms with Crippen molar-refractivity contribution < 1.29 is 24.8 Å². The van der Waals surface area contributed by atoms with Crippen molar-refractivity contribution in [2.75, 3.05) is 0 Å². The molecule has 6 atom stereocenters. The minimum absolute atomic E-state index is 0.284. The Kier molecular flexibility index (Phi) is 1.43. The third-order valence-corrected chi connectivity index (χ3v) is 3.51. The second-order valence-electron chi connectivity index (χ2n) is 4.19. The lowest BCUT2D eigenvalue weighted by Crippen LogP contribution is -2.54. The van der Waals surface area contributed by atoms with E-state index < -0.39 is 23.9 Å². The van der Waals surface area contributed by atoms with Crippen LogP contribution in [0.4, 0.5) is 0 Å². The topological polar surface area (TPSA) is 82.5 Å². The van der Waals surface area contributed by atoms with Crippen LogP contribution in [0.2, 0.25) is 0 Å². The van der Waals surface area contributed by atoms with Gasteiger partial charge in [-0.05, 0) is 12.5 Å². The van der Waals surface area contributed by atoms with E-state index in [-0.39, 0.29) is 12.2 Å². The molecule has 0 unspecified atom stereocenters. The average molecular weight is 200 g/mol. The highest BCUT2D eigenvalue weighted by Gasteiger charge is 2.73. The Morgan fingerprint density at radius 2 is 2.07 bits per heavy atom. The van der Waals surface area contributed by atoms with Crippen molar-refractivity contribution in [1.82, 2.24) is 0 Å². The molecule has 0 amide bonds. The minimum atomic E-state index is -1.38. The molecule has 3 N–H and O–H groups in total. The first-order chi connectivity index (χ1) is 6.56. The predicted molar refractivity (Wildman–Crippen MR) is 44.0 cm³/mol. The van der Waals surface area contributed by atoms with E-state index in [4.69, 9.17) is 9.47 Å². The van der Waals surface area contributed by atoms with Crippen LogP contribution in [-0.4, -0.2) is 45.5 Å². The molecular formula is C9H12O5. The summed E-state index contributed by atoms with van der Waals surface area (Å²) in [4.78, 5) is 0. The monoisotopic (exact) mass is 200 g/mol. The maximum atomic E-state index is 10.3. The van der Waals surface area contributed by atoms with Crippen LogP contribution in [-0.2, 0) is 9.47 Å². The molecule has 0 spiro atoms. The van der Waals surface area contributed by atoms with Gasteiger partial charge in [-0.15, -0.1) is 0 Å². The van der Waals surface area contributed by atoms with Crippen LogP contribution in [0.15, 0.2) is 11.8 Å². The van der Waals surface area contributed by atoms with Crippen molar-refractivity contribution in [2.45, 2.75) is 37.1 Å². The smallest absolute Gasteiger partial charge is 0.205 e. The molecule has 0 aromatic carbocycles. The number of rotatable bonds is 0. The largest absolute Gasteiger partial charge is 0.472 e. The zero-order valence-electron chi connectivity index (χ0n) is 7.62. The molecule has 0 aromatic rings. The first-order valence-electron chi connectivity index (χ1n) is 4.63. The zero-order chi connectivity index (χ0) is 10.1. The van der Waals surface area contributed by atoms with Crippen molar-refractivity contribution in [3.63, 3.8) is 0 Å². The molecule has 0 radical (unpaired) electrons. The molecule has 1 saturated heterocycles. The van der Waals surface area contributed by atoms with E-state index in [9.17, 15) is 15.3 Å². The Morgan fingerprint density at radius 3 is 2.71 bits per heavy atom. The van der Waals surface area contributed by atoms with Crippen LogP contribution < -0.4 is 0 Å². The quantitative estimate of drug-likeness (QED) is 0.425. The molecule has 14 heavy (non-hydrogen) atoms. The number of aliphatic hydroxyl groups is 3. The Hall–Kier alpha value is -0.620. The normalized spacial score (nSPS) is 59.7. The standard InChI is InChI=1S/C9H12O5/c1-3-2-13-8(11)4-5-6(14-5)7(10)9(3,4)12/h2,4-8,10-12H,1H3/t4-,5+,6+,7+,8-,9-/m0/s1. The van der Waals surface area contributed by atoms with Crippen molar-refractivity contribution in [2.24, 2.45) is 5.92 Å². The number of aliphatic hydroxyl groups excluding tert-OH is 2. The summed E-state index contributed by atoms with van der Waals surface area (Å²) in [6.45, 7) is 1.67. The zero-order valence-corrected chi connectivity index (χ0v) is 7.62. The lowest BCUT2D eigenvalue weighted by molar-refractivity contribution is -0.197. The SMILES string of the molecule is CC1=CO[C@H](O)[C@@H]2[C@H]3O[C@H]3[C@@H](O)[C@]12O. The number of fused-ring (bicyclic) bond motifs is 3. The number of ether oxygens (including phenoxy) is 2. The third kappa shape index (κ3) is 0.752. The number of epoxide rings is 1. The van der Waals surface area contributed by atoms with E-state index in [2.05, 4.69) is 0 Å². The molecule has 1 aliphatic carbocycles. The Bertz CT molecular complexity index is 314. The van der Waals surface area contributed by atoms with Gasteiger partial charge in [0.1, 0.15) is 17.8 Å². The minimum Gasteiger partial charge on any atom is -0.472 e. The van der Waals surface area contributed by atoms with E-state index in [0.29, 0.717) is 5.57 Å². The summed E-state index contributed by atoms with van der Waals surface area (Å²) in [7, 11) is 0. The van der Waals surface area contributed by atoms with Gasteiger partial charge in [0.25, 0.3) is 0 Å². The summed E-state index contributed by atoms with van der Waals surface area (Å²) < 4.78 is 10.1. The average Bonchev–Trinajstić information content (AvgIpc) is 2.86. The van der Waals surface area contributed by atoms with Crippen LogP contribution in [0, 0.1) is 5.92 Å². The predicted octanol–water partition coefficient (Wildman–Crippen LogP) is -1.27. The van der Waals surface area contributed by atoms with Crippen LogP contribution in [0.5, 0.6) is 0 Å². The van der Waals surface area contributed by atoms with E-state index in [1.807, 2.05) is 0 Å². The summed E-state index contributed by atoms with van der Waals surface area (Å²) >= 11 is 0. The molecule has 3 aliphatic rings. The van der Waals surface area contributed by atoms with Gasteiger partial charge >= 0.3 is 0 Å². The summed E-state index contributed by atoms with van der Waals surface area (Å²) in [6, 6.07) is 0. The van der Waals surface area contributed by atoms with E-state index in [1.165, 1.54) is 6.26 Å². The van der Waals surface area contributed by atoms with Gasteiger partial charge in [-0.3, -0.25) is 0 Å². The molecule has 5 nitrogen and oxygen atoms in total. The van der Waals surface area contributed by atoms with Crippen LogP contribution >= 0.6 is 0 Å². The highest BCUT2D eigenvalue weighted by atomic mass is 16.6. The van der Waals surface area contributed by atoms with Gasteiger partial charge in [-0.25, -0.2) is 0 Å². The summed E-state index contributed by atoms with van der Waals surface area (Å²) in [5.41, 5.74) is -0.846. The van der Waals surface area contributed by atoms with Crippen LogP contribution in [0.1, 0.15) is 6.92 Å². The van der Waals surface area contributed by atoms with Crippen LogP contribution in [0.25, 0.3) is 0 Å². The summed E-state index contributed by atoms with van der Waals surface area (Å²) in [6.07, 6.45) is -1.41. The molecule has 5 heteroatoms. The molecule has 0 bridgehead atoms.